The fraction of sp³-hybridized carbons (Fsp3) is 0.310. The summed E-state index contributed by atoms with van der Waals surface area (Å²) >= 11 is 0. The Morgan fingerprint density at radius 3 is 2.66 bits per heavy atom. The summed E-state index contributed by atoms with van der Waals surface area (Å²) in [6.45, 7) is 2.96. The first-order valence-electron chi connectivity index (χ1n) is 12.8. The number of aliphatic hydroxyl groups is 1. The molecule has 198 valence electrons. The molecule has 0 aliphatic carbocycles. The zero-order valence-electron chi connectivity index (χ0n) is 21.7. The van der Waals surface area contributed by atoms with E-state index in [9.17, 15) is 9.90 Å². The molecule has 0 spiro atoms. The van der Waals surface area contributed by atoms with Crippen LogP contribution in [-0.2, 0) is 6.54 Å². The number of hydrogen-bond acceptors (Lipinski definition) is 7. The molecule has 9 heteroatoms. The molecule has 1 fully saturated rings. The first-order chi connectivity index (χ1) is 18.4. The van der Waals surface area contributed by atoms with Crippen LogP contribution in [0.15, 0.2) is 77.7 Å². The number of para-hydroxylation sites is 1. The van der Waals surface area contributed by atoms with Crippen LogP contribution < -0.4 is 16.0 Å². The van der Waals surface area contributed by atoms with Gasteiger partial charge in [-0.05, 0) is 62.3 Å². The van der Waals surface area contributed by atoms with E-state index in [-0.39, 0.29) is 17.3 Å². The van der Waals surface area contributed by atoms with Crippen molar-refractivity contribution in [1.29, 1.82) is 0 Å². The van der Waals surface area contributed by atoms with Gasteiger partial charge in [0.1, 0.15) is 23.2 Å². The van der Waals surface area contributed by atoms with Crippen molar-refractivity contribution in [1.82, 2.24) is 24.6 Å². The summed E-state index contributed by atoms with van der Waals surface area (Å²) in [6, 6.07) is 17.4. The summed E-state index contributed by atoms with van der Waals surface area (Å²) in [5, 5.41) is 17.8. The Morgan fingerprint density at radius 2 is 1.92 bits per heavy atom. The topological polar surface area (TPSA) is 113 Å². The lowest BCUT2D eigenvalue weighted by atomic mass is 10.1. The van der Waals surface area contributed by atoms with Crippen LogP contribution in [0, 0.1) is 5.92 Å². The zero-order chi connectivity index (χ0) is 26.6. The van der Waals surface area contributed by atoms with Crippen LogP contribution in [0.25, 0.3) is 22.0 Å². The lowest BCUT2D eigenvalue weighted by molar-refractivity contribution is 0.0573. The highest BCUT2D eigenvalue weighted by atomic mass is 16.5. The summed E-state index contributed by atoms with van der Waals surface area (Å²) in [5.41, 5.74) is 8.29. The Morgan fingerprint density at radius 1 is 1.18 bits per heavy atom. The summed E-state index contributed by atoms with van der Waals surface area (Å²) in [5.74, 6) is 2.05. The number of nitrogens with one attached hydrogen (secondary N) is 1. The number of likely N-dealkylation sites (tertiary alicyclic amines) is 1. The number of benzene rings is 2. The van der Waals surface area contributed by atoms with Crippen molar-refractivity contribution in [2.24, 2.45) is 5.92 Å². The number of aromatic nitrogens is 3. The molecule has 38 heavy (non-hydrogen) atoms. The summed E-state index contributed by atoms with van der Waals surface area (Å²) in [7, 11) is 3.99. The number of nitrogens with two attached hydrogens (primary N) is 1. The molecule has 1 aliphatic heterocycles. The standard InChI is InChI=1S/C29H34N6O3/c1-33(2)15-6-9-25(36)34-16-14-20(17-34)18-35-19-24(26-27(35)29(37)32-31-28(26)30)21-10-12-23(13-11-21)38-22-7-4-3-5-8-22/h3-13,19-20,25,36H,14-18H2,1-2H3,(H2,30,31)(H,32,37)/b9-6+. The number of aromatic amines is 1. The first-order valence-corrected chi connectivity index (χ1v) is 12.8. The molecule has 4 N–H and O–H groups in total. The van der Waals surface area contributed by atoms with Crippen LogP contribution in [0.5, 0.6) is 11.5 Å². The smallest absolute Gasteiger partial charge is 0.288 e. The number of nitrogen functional groups attached to an aromatic ring is 1. The highest BCUT2D eigenvalue weighted by Crippen LogP contribution is 2.34. The van der Waals surface area contributed by atoms with Crippen molar-refractivity contribution in [3.8, 4) is 22.6 Å². The second kappa shape index (κ2) is 11.2. The van der Waals surface area contributed by atoms with E-state index in [0.29, 0.717) is 17.4 Å². The van der Waals surface area contributed by atoms with Gasteiger partial charge in [0.05, 0.1) is 5.39 Å². The molecule has 2 aromatic carbocycles. The summed E-state index contributed by atoms with van der Waals surface area (Å²) in [4.78, 5) is 17.0. The average Bonchev–Trinajstić information content (AvgIpc) is 3.53. The van der Waals surface area contributed by atoms with Gasteiger partial charge in [0.2, 0.25) is 0 Å². The van der Waals surface area contributed by atoms with E-state index in [1.165, 1.54) is 0 Å². The minimum absolute atomic E-state index is 0.272. The number of hydrogen-bond donors (Lipinski definition) is 3. The predicted molar refractivity (Wildman–Crippen MR) is 150 cm³/mol. The summed E-state index contributed by atoms with van der Waals surface area (Å²) < 4.78 is 7.91. The molecule has 1 saturated heterocycles. The Kier molecular flexibility index (Phi) is 7.59. The number of aliphatic hydroxyl groups excluding tert-OH is 1. The van der Waals surface area contributed by atoms with Gasteiger partial charge >= 0.3 is 0 Å². The number of ether oxygens (including phenoxy) is 1. The molecule has 0 bridgehead atoms. The van der Waals surface area contributed by atoms with E-state index in [4.69, 9.17) is 10.5 Å². The Balaban J connectivity index is 1.38. The normalized spacial score (nSPS) is 17.1. The zero-order valence-corrected chi connectivity index (χ0v) is 21.7. The third-order valence-corrected chi connectivity index (χ3v) is 6.90. The van der Waals surface area contributed by atoms with Crippen molar-refractivity contribution >= 4 is 16.7 Å². The van der Waals surface area contributed by atoms with Crippen molar-refractivity contribution in [2.45, 2.75) is 19.2 Å². The van der Waals surface area contributed by atoms with E-state index < -0.39 is 6.23 Å². The highest BCUT2D eigenvalue weighted by molar-refractivity contribution is 6.01. The monoisotopic (exact) mass is 514 g/mol. The van der Waals surface area contributed by atoms with Crippen LogP contribution in [0.1, 0.15) is 6.42 Å². The SMILES string of the molecule is CN(C)C/C=C/C(O)N1CCC(Cn2cc(-c3ccc(Oc4ccccc4)cc3)c3c(N)n[nH]c(=O)c32)C1. The van der Waals surface area contributed by atoms with Crippen LogP contribution >= 0.6 is 0 Å². The second-order valence-corrected chi connectivity index (χ2v) is 10.0. The maximum Gasteiger partial charge on any atom is 0.288 e. The van der Waals surface area contributed by atoms with E-state index in [2.05, 4.69) is 15.1 Å². The maximum atomic E-state index is 12.9. The molecular weight excluding hydrogens is 480 g/mol. The first kappa shape index (κ1) is 25.7. The number of fused-ring (bicyclic) bond motifs is 1. The van der Waals surface area contributed by atoms with Gasteiger partial charge in [0.25, 0.3) is 5.56 Å². The largest absolute Gasteiger partial charge is 0.457 e. The van der Waals surface area contributed by atoms with E-state index in [1.54, 1.807) is 0 Å². The fourth-order valence-corrected chi connectivity index (χ4v) is 5.01. The van der Waals surface area contributed by atoms with Gasteiger partial charge in [-0.3, -0.25) is 9.69 Å². The van der Waals surface area contributed by atoms with Crippen LogP contribution in [0.3, 0.4) is 0 Å². The van der Waals surface area contributed by atoms with Crippen LogP contribution in [-0.4, -0.2) is 69.6 Å². The van der Waals surface area contributed by atoms with Crippen molar-refractivity contribution in [3.05, 3.63) is 83.3 Å². The highest BCUT2D eigenvalue weighted by Gasteiger charge is 2.27. The predicted octanol–water partition coefficient (Wildman–Crippen LogP) is 3.52. The summed E-state index contributed by atoms with van der Waals surface area (Å²) in [6.07, 6.45) is 6.12. The molecule has 2 unspecified atom stereocenters. The van der Waals surface area contributed by atoms with Gasteiger partial charge in [-0.15, -0.1) is 0 Å². The number of nitrogens with zero attached hydrogens (tertiary/aromatic N) is 4. The lowest BCUT2D eigenvalue weighted by Gasteiger charge is -2.20. The van der Waals surface area contributed by atoms with Crippen molar-refractivity contribution in [3.63, 3.8) is 0 Å². The van der Waals surface area contributed by atoms with Crippen LogP contribution in [0.2, 0.25) is 0 Å². The molecule has 3 heterocycles. The van der Waals surface area contributed by atoms with Gasteiger partial charge in [-0.25, -0.2) is 5.10 Å². The molecule has 2 atom stereocenters. The third-order valence-electron chi connectivity index (χ3n) is 6.90. The van der Waals surface area contributed by atoms with Crippen molar-refractivity contribution in [2.75, 3.05) is 39.5 Å². The number of anilines is 1. The average molecular weight is 515 g/mol. The van der Waals surface area contributed by atoms with Gasteiger partial charge in [0.15, 0.2) is 5.82 Å². The lowest BCUT2D eigenvalue weighted by Crippen LogP contribution is -2.32. The molecule has 9 nitrogen and oxygen atoms in total. The maximum absolute atomic E-state index is 12.9. The van der Waals surface area contributed by atoms with Gasteiger partial charge in [-0.2, -0.15) is 5.10 Å². The molecule has 5 rings (SSSR count). The second-order valence-electron chi connectivity index (χ2n) is 10.0. The number of likely N-dealkylation sites (N-methyl/N-ethyl adjacent to an activating group) is 1. The number of rotatable bonds is 9. The number of H-pyrrole nitrogens is 1. The minimum atomic E-state index is -0.614. The van der Waals surface area contributed by atoms with Gasteiger partial charge in [-0.1, -0.05) is 36.4 Å². The van der Waals surface area contributed by atoms with E-state index >= 15 is 0 Å². The van der Waals surface area contributed by atoms with Crippen molar-refractivity contribution < 1.29 is 9.84 Å². The fourth-order valence-electron chi connectivity index (χ4n) is 5.01. The Bertz CT molecular complexity index is 1460. The molecule has 0 radical (unpaired) electrons. The molecular formula is C29H34N6O3. The molecule has 1 aliphatic rings. The molecule has 4 aromatic rings. The molecule has 2 aromatic heterocycles. The molecule has 0 amide bonds. The van der Waals surface area contributed by atoms with E-state index in [0.717, 1.165) is 48.7 Å². The third kappa shape index (κ3) is 5.65. The Labute approximate surface area is 221 Å². The minimum Gasteiger partial charge on any atom is -0.457 e. The Hall–Kier alpha value is -3.92. The van der Waals surface area contributed by atoms with Crippen LogP contribution in [0.4, 0.5) is 5.82 Å². The van der Waals surface area contributed by atoms with Gasteiger partial charge < -0.3 is 25.0 Å². The quantitative estimate of drug-likeness (QED) is 0.293. The van der Waals surface area contributed by atoms with Gasteiger partial charge in [0, 0.05) is 37.9 Å². The molecule has 0 saturated carbocycles. The van der Waals surface area contributed by atoms with E-state index in [1.807, 2.05) is 96.5 Å².